The molecule has 2 saturated heterocycles. The number of hydrogen-bond acceptors (Lipinski definition) is 3. The lowest BCUT2D eigenvalue weighted by Crippen LogP contribution is -2.44. The maximum Gasteiger partial charge on any atom is 0.254 e. The first-order chi connectivity index (χ1) is 9.58. The number of nitrogens with one attached hydrogen (secondary N) is 1. The van der Waals surface area contributed by atoms with Crippen molar-refractivity contribution in [2.75, 3.05) is 19.6 Å². The molecule has 20 heavy (non-hydrogen) atoms. The van der Waals surface area contributed by atoms with Crippen LogP contribution in [0.15, 0.2) is 18.3 Å². The molecule has 0 aliphatic carbocycles. The summed E-state index contributed by atoms with van der Waals surface area (Å²) in [7, 11) is 0. The van der Waals surface area contributed by atoms with Gasteiger partial charge in [0.1, 0.15) is 5.15 Å². The van der Waals surface area contributed by atoms with Gasteiger partial charge in [0.25, 0.3) is 5.91 Å². The number of aromatic nitrogens is 1. The molecule has 0 aromatic carbocycles. The minimum atomic E-state index is -0.0126. The van der Waals surface area contributed by atoms with Gasteiger partial charge in [-0.3, -0.25) is 9.59 Å². The summed E-state index contributed by atoms with van der Waals surface area (Å²) in [6, 6.07) is 3.27. The number of pyridine rings is 1. The van der Waals surface area contributed by atoms with E-state index in [1.165, 1.54) is 0 Å². The standard InChI is InChI=1S/C14H16ClN3O2/c15-11-7-10(1-4-16-11)13(20)18-5-2-14(3-6-18)8-12(19)17-9-14/h1,4,7H,2-3,5-6,8-9H2,(H,17,19). The predicted molar refractivity (Wildman–Crippen MR) is 74.4 cm³/mol. The van der Waals surface area contributed by atoms with Gasteiger partial charge in [0, 0.05) is 37.8 Å². The smallest absolute Gasteiger partial charge is 0.254 e. The van der Waals surface area contributed by atoms with Crippen LogP contribution in [-0.4, -0.2) is 41.3 Å². The van der Waals surface area contributed by atoms with Crippen molar-refractivity contribution in [3.8, 4) is 0 Å². The van der Waals surface area contributed by atoms with E-state index in [0.717, 1.165) is 19.4 Å². The van der Waals surface area contributed by atoms with Crippen LogP contribution in [0.1, 0.15) is 29.6 Å². The molecule has 3 heterocycles. The van der Waals surface area contributed by atoms with Crippen LogP contribution in [0.4, 0.5) is 0 Å². The van der Waals surface area contributed by atoms with Gasteiger partial charge in [0.2, 0.25) is 5.91 Å². The largest absolute Gasteiger partial charge is 0.356 e. The zero-order valence-corrected chi connectivity index (χ0v) is 11.8. The van der Waals surface area contributed by atoms with Crippen molar-refractivity contribution < 1.29 is 9.59 Å². The number of rotatable bonds is 1. The average Bonchev–Trinajstić information content (AvgIpc) is 2.80. The van der Waals surface area contributed by atoms with Crippen LogP contribution in [0, 0.1) is 5.41 Å². The molecule has 0 radical (unpaired) electrons. The summed E-state index contributed by atoms with van der Waals surface area (Å²) in [5, 5.41) is 3.22. The minimum absolute atomic E-state index is 0.0126. The van der Waals surface area contributed by atoms with Crippen molar-refractivity contribution in [3.63, 3.8) is 0 Å². The first-order valence-electron chi connectivity index (χ1n) is 6.76. The number of nitrogens with zero attached hydrogens (tertiary/aromatic N) is 2. The maximum absolute atomic E-state index is 12.4. The van der Waals surface area contributed by atoms with Gasteiger partial charge >= 0.3 is 0 Å². The summed E-state index contributed by atoms with van der Waals surface area (Å²) >= 11 is 5.81. The normalized spacial score (nSPS) is 21.1. The molecule has 1 N–H and O–H groups in total. The van der Waals surface area contributed by atoms with Gasteiger partial charge in [0.05, 0.1) is 0 Å². The van der Waals surface area contributed by atoms with E-state index in [0.29, 0.717) is 30.2 Å². The fourth-order valence-electron chi connectivity index (χ4n) is 3.01. The van der Waals surface area contributed by atoms with Crippen LogP contribution in [0.5, 0.6) is 0 Å². The van der Waals surface area contributed by atoms with E-state index in [4.69, 9.17) is 11.6 Å². The fraction of sp³-hybridized carbons (Fsp3) is 0.500. The van der Waals surface area contributed by atoms with E-state index in [-0.39, 0.29) is 17.2 Å². The SMILES string of the molecule is O=C1CC2(CCN(C(=O)c3ccnc(Cl)c3)CC2)CN1. The lowest BCUT2D eigenvalue weighted by atomic mass is 9.77. The third-order valence-electron chi connectivity index (χ3n) is 4.28. The molecule has 2 aliphatic heterocycles. The summed E-state index contributed by atoms with van der Waals surface area (Å²) in [6.45, 7) is 2.12. The number of amides is 2. The predicted octanol–water partition coefficient (Wildman–Crippen LogP) is 1.48. The molecule has 106 valence electrons. The van der Waals surface area contributed by atoms with Gasteiger partial charge in [-0.05, 0) is 30.4 Å². The van der Waals surface area contributed by atoms with Gasteiger partial charge in [-0.2, -0.15) is 0 Å². The number of likely N-dealkylation sites (tertiary alicyclic amines) is 1. The van der Waals surface area contributed by atoms with E-state index >= 15 is 0 Å². The summed E-state index contributed by atoms with van der Waals surface area (Å²) in [6.07, 6.45) is 3.88. The van der Waals surface area contributed by atoms with E-state index in [1.807, 2.05) is 4.90 Å². The molecular weight excluding hydrogens is 278 g/mol. The van der Waals surface area contributed by atoms with E-state index in [9.17, 15) is 9.59 Å². The summed E-state index contributed by atoms with van der Waals surface area (Å²) in [5.74, 6) is 0.118. The van der Waals surface area contributed by atoms with Crippen LogP contribution >= 0.6 is 11.6 Å². The molecule has 1 spiro atoms. The van der Waals surface area contributed by atoms with Crippen molar-refractivity contribution in [1.82, 2.24) is 15.2 Å². The summed E-state index contributed by atoms with van der Waals surface area (Å²) in [4.78, 5) is 29.5. The minimum Gasteiger partial charge on any atom is -0.356 e. The molecule has 0 saturated carbocycles. The summed E-state index contributed by atoms with van der Waals surface area (Å²) < 4.78 is 0. The van der Waals surface area contributed by atoms with Gasteiger partial charge < -0.3 is 10.2 Å². The van der Waals surface area contributed by atoms with Crippen molar-refractivity contribution in [2.24, 2.45) is 5.41 Å². The summed E-state index contributed by atoms with van der Waals surface area (Å²) in [5.41, 5.74) is 0.630. The highest BCUT2D eigenvalue weighted by atomic mass is 35.5. The Morgan fingerprint density at radius 2 is 2.15 bits per heavy atom. The van der Waals surface area contributed by atoms with Crippen molar-refractivity contribution in [1.29, 1.82) is 0 Å². The number of halogens is 1. The fourth-order valence-corrected chi connectivity index (χ4v) is 3.18. The van der Waals surface area contributed by atoms with Crippen molar-refractivity contribution >= 4 is 23.4 Å². The molecular formula is C14H16ClN3O2. The highest BCUT2D eigenvalue weighted by molar-refractivity contribution is 6.29. The van der Waals surface area contributed by atoms with Crippen LogP contribution in [0.2, 0.25) is 5.15 Å². The Bertz CT molecular complexity index is 553. The highest BCUT2D eigenvalue weighted by Crippen LogP contribution is 2.37. The monoisotopic (exact) mass is 293 g/mol. The molecule has 0 atom stereocenters. The molecule has 1 aromatic rings. The molecule has 6 heteroatoms. The van der Waals surface area contributed by atoms with Gasteiger partial charge in [-0.15, -0.1) is 0 Å². The molecule has 2 amide bonds. The average molecular weight is 294 g/mol. The van der Waals surface area contributed by atoms with Crippen LogP contribution in [-0.2, 0) is 4.79 Å². The van der Waals surface area contributed by atoms with Crippen molar-refractivity contribution in [3.05, 3.63) is 29.0 Å². The van der Waals surface area contributed by atoms with Gasteiger partial charge in [-0.25, -0.2) is 4.98 Å². The molecule has 0 bridgehead atoms. The van der Waals surface area contributed by atoms with E-state index < -0.39 is 0 Å². The Hall–Kier alpha value is -1.62. The van der Waals surface area contributed by atoms with E-state index in [2.05, 4.69) is 10.3 Å². The zero-order chi connectivity index (χ0) is 14.2. The topological polar surface area (TPSA) is 62.3 Å². The quantitative estimate of drug-likeness (QED) is 0.798. The van der Waals surface area contributed by atoms with Gasteiger partial charge in [0.15, 0.2) is 0 Å². The Morgan fingerprint density at radius 3 is 2.75 bits per heavy atom. The second-order valence-corrected chi connectivity index (χ2v) is 6.00. The molecule has 1 aromatic heterocycles. The molecule has 0 unspecified atom stereocenters. The highest BCUT2D eigenvalue weighted by Gasteiger charge is 2.41. The Balaban J connectivity index is 1.66. The molecule has 5 nitrogen and oxygen atoms in total. The van der Waals surface area contributed by atoms with Crippen LogP contribution < -0.4 is 5.32 Å². The van der Waals surface area contributed by atoms with Gasteiger partial charge in [-0.1, -0.05) is 11.6 Å². The number of carbonyl (C=O) groups excluding carboxylic acids is 2. The zero-order valence-electron chi connectivity index (χ0n) is 11.1. The van der Waals surface area contributed by atoms with Crippen LogP contribution in [0.25, 0.3) is 0 Å². The second kappa shape index (κ2) is 5.05. The molecule has 2 fully saturated rings. The Labute approximate surface area is 122 Å². The molecule has 3 rings (SSSR count). The maximum atomic E-state index is 12.4. The number of hydrogen-bond donors (Lipinski definition) is 1. The Morgan fingerprint density at radius 1 is 1.40 bits per heavy atom. The third kappa shape index (κ3) is 2.50. The van der Waals surface area contributed by atoms with Crippen molar-refractivity contribution in [2.45, 2.75) is 19.3 Å². The lowest BCUT2D eigenvalue weighted by molar-refractivity contribution is -0.119. The van der Waals surface area contributed by atoms with Crippen LogP contribution in [0.3, 0.4) is 0 Å². The first kappa shape index (κ1) is 13.4. The number of piperidine rings is 1. The molecule has 2 aliphatic rings. The van der Waals surface area contributed by atoms with E-state index in [1.54, 1.807) is 18.3 Å². The third-order valence-corrected chi connectivity index (χ3v) is 4.49. The first-order valence-corrected chi connectivity index (χ1v) is 7.13. The lowest BCUT2D eigenvalue weighted by Gasteiger charge is -2.38. The Kier molecular flexibility index (Phi) is 3.38. The second-order valence-electron chi connectivity index (χ2n) is 5.61. The number of carbonyl (C=O) groups is 2.